The largest absolute Gasteiger partial charge is 0.494 e. The Morgan fingerprint density at radius 1 is 1.09 bits per heavy atom. The molecule has 0 aliphatic carbocycles. The molecule has 0 bridgehead atoms. The number of nitriles is 1. The van der Waals surface area contributed by atoms with Gasteiger partial charge in [0.15, 0.2) is 0 Å². The molecule has 0 saturated carbocycles. The van der Waals surface area contributed by atoms with Crippen molar-refractivity contribution in [2.75, 3.05) is 26.2 Å². The van der Waals surface area contributed by atoms with E-state index in [1.807, 2.05) is 55.5 Å². The highest BCUT2D eigenvalue weighted by molar-refractivity contribution is 7.89. The van der Waals surface area contributed by atoms with Crippen molar-refractivity contribution in [3.05, 3.63) is 82.9 Å². The molecule has 1 atom stereocenters. The van der Waals surface area contributed by atoms with Crippen LogP contribution in [0.1, 0.15) is 24.0 Å². The van der Waals surface area contributed by atoms with Gasteiger partial charge in [-0.05, 0) is 79.4 Å². The lowest BCUT2D eigenvalue weighted by Crippen LogP contribution is -2.37. The Kier molecular flexibility index (Phi) is 8.09. The van der Waals surface area contributed by atoms with Crippen molar-refractivity contribution in [1.29, 1.82) is 5.26 Å². The van der Waals surface area contributed by atoms with Gasteiger partial charge < -0.3 is 9.64 Å². The van der Waals surface area contributed by atoms with Crippen LogP contribution >= 0.6 is 11.6 Å². The average molecular weight is 510 g/mol. The van der Waals surface area contributed by atoms with E-state index in [9.17, 15) is 8.42 Å². The third-order valence-electron chi connectivity index (χ3n) is 6.14. The fourth-order valence-corrected chi connectivity index (χ4v) is 5.65. The zero-order valence-corrected chi connectivity index (χ0v) is 21.1. The minimum atomic E-state index is -3.59. The van der Waals surface area contributed by atoms with Crippen LogP contribution in [0, 0.1) is 18.3 Å². The van der Waals surface area contributed by atoms with Crippen LogP contribution in [0.15, 0.2) is 71.6 Å². The Balaban J connectivity index is 1.20. The van der Waals surface area contributed by atoms with E-state index in [-0.39, 0.29) is 10.9 Å². The van der Waals surface area contributed by atoms with Gasteiger partial charge in [0.1, 0.15) is 5.75 Å². The number of aryl methyl sites for hydroxylation is 1. The highest BCUT2D eigenvalue weighted by Crippen LogP contribution is 2.23. The standard InChI is InChI=1S/C27H28ClN3O3S/c1-20-3-12-26(17-27(20)28)35(32,33)30-24-13-15-31(19-24)14-2-16-34-25-10-8-23(9-11-25)22-6-4-21(18-29)5-7-22/h3-12,17,24,30H,2,13-16,19H2,1H3. The first-order valence-electron chi connectivity index (χ1n) is 11.6. The van der Waals surface area contributed by atoms with Crippen molar-refractivity contribution in [1.82, 2.24) is 9.62 Å². The maximum absolute atomic E-state index is 12.7. The van der Waals surface area contributed by atoms with E-state index in [0.717, 1.165) is 48.4 Å². The van der Waals surface area contributed by atoms with Crippen LogP contribution in [-0.4, -0.2) is 45.6 Å². The molecule has 1 aliphatic rings. The Bertz CT molecular complexity index is 1300. The molecule has 1 saturated heterocycles. The molecular weight excluding hydrogens is 482 g/mol. The van der Waals surface area contributed by atoms with Crippen LogP contribution in [0.4, 0.5) is 0 Å². The Hall–Kier alpha value is -2.89. The molecule has 3 aromatic carbocycles. The van der Waals surface area contributed by atoms with Crippen LogP contribution in [0.2, 0.25) is 5.02 Å². The Morgan fingerprint density at radius 3 is 2.43 bits per heavy atom. The number of ether oxygens (including phenoxy) is 1. The predicted octanol–water partition coefficient (Wildman–Crippen LogP) is 5.01. The topological polar surface area (TPSA) is 82.4 Å². The molecular formula is C27H28ClN3O3S. The van der Waals surface area contributed by atoms with E-state index < -0.39 is 10.0 Å². The molecule has 1 heterocycles. The number of hydrogen-bond acceptors (Lipinski definition) is 5. The lowest BCUT2D eigenvalue weighted by atomic mass is 10.0. The van der Waals surface area contributed by atoms with Gasteiger partial charge in [0, 0.05) is 24.2 Å². The molecule has 4 rings (SSSR count). The molecule has 3 aromatic rings. The van der Waals surface area contributed by atoms with Gasteiger partial charge in [-0.25, -0.2) is 13.1 Å². The number of rotatable bonds is 9. The lowest BCUT2D eigenvalue weighted by Gasteiger charge is -2.17. The van der Waals surface area contributed by atoms with Gasteiger partial charge in [0.2, 0.25) is 10.0 Å². The monoisotopic (exact) mass is 509 g/mol. The fraction of sp³-hybridized carbons (Fsp3) is 0.296. The van der Waals surface area contributed by atoms with Crippen molar-refractivity contribution in [2.45, 2.75) is 30.7 Å². The summed E-state index contributed by atoms with van der Waals surface area (Å²) in [7, 11) is -3.59. The first-order valence-corrected chi connectivity index (χ1v) is 13.4. The van der Waals surface area contributed by atoms with E-state index in [2.05, 4.69) is 15.7 Å². The van der Waals surface area contributed by atoms with Crippen LogP contribution in [0.25, 0.3) is 11.1 Å². The Morgan fingerprint density at radius 2 is 1.77 bits per heavy atom. The second-order valence-corrected chi connectivity index (χ2v) is 10.9. The number of halogens is 1. The highest BCUT2D eigenvalue weighted by atomic mass is 35.5. The molecule has 1 fully saturated rings. The van der Waals surface area contributed by atoms with Crippen molar-refractivity contribution in [3.63, 3.8) is 0 Å². The summed E-state index contributed by atoms with van der Waals surface area (Å²) in [6, 6.07) is 22.2. The van der Waals surface area contributed by atoms with E-state index >= 15 is 0 Å². The third kappa shape index (κ3) is 6.62. The van der Waals surface area contributed by atoms with Gasteiger partial charge in [0.25, 0.3) is 0 Å². The normalized spacial score (nSPS) is 16.2. The number of likely N-dealkylation sites (tertiary alicyclic amines) is 1. The first kappa shape index (κ1) is 25.2. The van der Waals surface area contributed by atoms with E-state index in [1.54, 1.807) is 12.1 Å². The summed E-state index contributed by atoms with van der Waals surface area (Å²) in [6.07, 6.45) is 1.63. The van der Waals surface area contributed by atoms with Crippen molar-refractivity contribution < 1.29 is 13.2 Å². The quantitative estimate of drug-likeness (QED) is 0.410. The van der Waals surface area contributed by atoms with Crippen LogP contribution < -0.4 is 9.46 Å². The SMILES string of the molecule is Cc1ccc(S(=O)(=O)NC2CCN(CCCOc3ccc(-c4ccc(C#N)cc4)cc3)C2)cc1Cl. The summed E-state index contributed by atoms with van der Waals surface area (Å²) in [6.45, 7) is 4.80. The first-order chi connectivity index (χ1) is 16.8. The van der Waals surface area contributed by atoms with Crippen molar-refractivity contribution in [2.24, 2.45) is 0 Å². The van der Waals surface area contributed by atoms with Crippen molar-refractivity contribution >= 4 is 21.6 Å². The van der Waals surface area contributed by atoms with Gasteiger partial charge in [-0.1, -0.05) is 41.9 Å². The van der Waals surface area contributed by atoms with E-state index in [0.29, 0.717) is 23.7 Å². The summed E-state index contributed by atoms with van der Waals surface area (Å²) < 4.78 is 34.1. The van der Waals surface area contributed by atoms with Gasteiger partial charge >= 0.3 is 0 Å². The average Bonchev–Trinajstić information content (AvgIpc) is 3.30. The maximum Gasteiger partial charge on any atom is 0.240 e. The minimum Gasteiger partial charge on any atom is -0.494 e. The lowest BCUT2D eigenvalue weighted by molar-refractivity contribution is 0.261. The van der Waals surface area contributed by atoms with Crippen LogP contribution in [0.5, 0.6) is 5.75 Å². The second-order valence-electron chi connectivity index (χ2n) is 8.73. The van der Waals surface area contributed by atoms with Crippen LogP contribution in [-0.2, 0) is 10.0 Å². The summed E-state index contributed by atoms with van der Waals surface area (Å²) in [5.41, 5.74) is 3.62. The molecule has 35 heavy (non-hydrogen) atoms. The molecule has 0 amide bonds. The summed E-state index contributed by atoms with van der Waals surface area (Å²) in [5, 5.41) is 9.37. The molecule has 1 unspecified atom stereocenters. The number of nitrogens with one attached hydrogen (secondary N) is 1. The fourth-order valence-electron chi connectivity index (χ4n) is 4.12. The summed E-state index contributed by atoms with van der Waals surface area (Å²) in [4.78, 5) is 2.46. The van der Waals surface area contributed by atoms with E-state index in [4.69, 9.17) is 21.6 Å². The summed E-state index contributed by atoms with van der Waals surface area (Å²) in [5.74, 6) is 0.811. The smallest absolute Gasteiger partial charge is 0.240 e. The number of benzene rings is 3. The Labute approximate surface area is 212 Å². The number of nitrogens with zero attached hydrogens (tertiary/aromatic N) is 2. The number of sulfonamides is 1. The minimum absolute atomic E-state index is 0.115. The zero-order valence-electron chi connectivity index (χ0n) is 19.6. The van der Waals surface area contributed by atoms with Gasteiger partial charge in [-0.2, -0.15) is 5.26 Å². The van der Waals surface area contributed by atoms with Crippen LogP contribution in [0.3, 0.4) is 0 Å². The maximum atomic E-state index is 12.7. The summed E-state index contributed by atoms with van der Waals surface area (Å²) >= 11 is 6.10. The molecule has 0 radical (unpaired) electrons. The van der Waals surface area contributed by atoms with Gasteiger partial charge in [0.05, 0.1) is 23.1 Å². The van der Waals surface area contributed by atoms with E-state index in [1.165, 1.54) is 6.07 Å². The van der Waals surface area contributed by atoms with Crippen molar-refractivity contribution in [3.8, 4) is 22.9 Å². The molecule has 0 aromatic heterocycles. The third-order valence-corrected chi connectivity index (χ3v) is 8.06. The predicted molar refractivity (Wildman–Crippen MR) is 138 cm³/mol. The highest BCUT2D eigenvalue weighted by Gasteiger charge is 2.27. The zero-order chi connectivity index (χ0) is 24.8. The second kappa shape index (κ2) is 11.2. The molecule has 8 heteroatoms. The number of hydrogen-bond donors (Lipinski definition) is 1. The van der Waals surface area contributed by atoms with Gasteiger partial charge in [-0.3, -0.25) is 0 Å². The molecule has 6 nitrogen and oxygen atoms in total. The molecule has 182 valence electrons. The molecule has 1 N–H and O–H groups in total. The van der Waals surface area contributed by atoms with Gasteiger partial charge in [-0.15, -0.1) is 0 Å². The molecule has 0 spiro atoms. The molecule has 1 aliphatic heterocycles.